The summed E-state index contributed by atoms with van der Waals surface area (Å²) in [4.78, 5) is 35.2. The number of benzene rings is 2. The lowest BCUT2D eigenvalue weighted by molar-refractivity contribution is -0.147. The van der Waals surface area contributed by atoms with E-state index in [0.29, 0.717) is 5.56 Å². The molecule has 0 aromatic heterocycles. The minimum absolute atomic E-state index is 0.197. The predicted molar refractivity (Wildman–Crippen MR) is 107 cm³/mol. The van der Waals surface area contributed by atoms with Gasteiger partial charge in [0.1, 0.15) is 22.8 Å². The Hall–Kier alpha value is -3.49. The molecule has 7 nitrogen and oxygen atoms in total. The van der Waals surface area contributed by atoms with Crippen LogP contribution in [0.15, 0.2) is 42.5 Å². The number of carbonyl (C=O) groups excluding carboxylic acids is 2. The number of halogens is 2. The van der Waals surface area contributed by atoms with Crippen molar-refractivity contribution in [3.63, 3.8) is 0 Å². The van der Waals surface area contributed by atoms with Crippen LogP contribution in [0.3, 0.4) is 0 Å². The van der Waals surface area contributed by atoms with E-state index >= 15 is 0 Å². The molecule has 2 aromatic rings. The van der Waals surface area contributed by atoms with Crippen LogP contribution in [0.2, 0.25) is 0 Å². The van der Waals surface area contributed by atoms with Crippen molar-refractivity contribution in [2.75, 3.05) is 6.54 Å². The molecule has 2 aromatic carbocycles. The summed E-state index contributed by atoms with van der Waals surface area (Å²) in [5.74, 6) is -5.35. The molecule has 2 rings (SSSR count). The summed E-state index contributed by atoms with van der Waals surface area (Å²) in [7, 11) is 0. The molecule has 0 radical (unpaired) electrons. The lowest BCUT2D eigenvalue weighted by atomic mass is 10.0. The SMILES string of the molecule is CC(C)(C)OC(=O)NCCC(OC(=O)c1c(F)cc(-c2ccccc2)cc1F)C(=O)O. The Bertz CT molecular complexity index is 933. The average molecular weight is 435 g/mol. The number of alkyl carbamates (subject to hydrolysis) is 1. The van der Waals surface area contributed by atoms with Gasteiger partial charge in [0.25, 0.3) is 0 Å². The first-order valence-electron chi connectivity index (χ1n) is 9.43. The largest absolute Gasteiger partial charge is 0.479 e. The van der Waals surface area contributed by atoms with E-state index in [-0.39, 0.29) is 18.5 Å². The maximum Gasteiger partial charge on any atom is 0.407 e. The minimum Gasteiger partial charge on any atom is -0.479 e. The summed E-state index contributed by atoms with van der Waals surface area (Å²) in [5, 5.41) is 11.6. The van der Waals surface area contributed by atoms with E-state index in [4.69, 9.17) is 9.47 Å². The molecule has 0 aliphatic heterocycles. The van der Waals surface area contributed by atoms with Crippen LogP contribution < -0.4 is 5.32 Å². The normalized spacial score (nSPS) is 12.0. The van der Waals surface area contributed by atoms with Crippen molar-refractivity contribution in [3.8, 4) is 11.1 Å². The summed E-state index contributed by atoms with van der Waals surface area (Å²) in [5.41, 5.74) is -0.990. The first-order chi connectivity index (χ1) is 14.5. The van der Waals surface area contributed by atoms with Crippen molar-refractivity contribution in [2.45, 2.75) is 38.9 Å². The molecule has 0 bridgehead atoms. The van der Waals surface area contributed by atoms with Crippen molar-refractivity contribution in [1.29, 1.82) is 0 Å². The molecular formula is C22H23F2NO6. The summed E-state index contributed by atoms with van der Waals surface area (Å²) in [6.45, 7) is 4.76. The highest BCUT2D eigenvalue weighted by molar-refractivity contribution is 5.92. The Morgan fingerprint density at radius 1 is 1.03 bits per heavy atom. The fourth-order valence-electron chi connectivity index (χ4n) is 2.61. The van der Waals surface area contributed by atoms with E-state index in [1.54, 1.807) is 51.1 Å². The second-order valence-corrected chi connectivity index (χ2v) is 7.63. The van der Waals surface area contributed by atoms with E-state index in [9.17, 15) is 28.3 Å². The zero-order valence-electron chi connectivity index (χ0n) is 17.3. The summed E-state index contributed by atoms with van der Waals surface area (Å²) < 4.78 is 38.7. The highest BCUT2D eigenvalue weighted by Gasteiger charge is 2.28. The van der Waals surface area contributed by atoms with Gasteiger partial charge in [-0.15, -0.1) is 0 Å². The molecule has 0 aliphatic rings. The van der Waals surface area contributed by atoms with Crippen LogP contribution in [0.4, 0.5) is 13.6 Å². The summed E-state index contributed by atoms with van der Waals surface area (Å²) in [6, 6.07) is 10.3. The molecule has 1 atom stereocenters. The third-order valence-corrected chi connectivity index (χ3v) is 3.95. The van der Waals surface area contributed by atoms with E-state index in [1.165, 1.54) is 0 Å². The second-order valence-electron chi connectivity index (χ2n) is 7.63. The molecule has 31 heavy (non-hydrogen) atoms. The number of carboxylic acids is 1. The second kappa shape index (κ2) is 10.0. The van der Waals surface area contributed by atoms with E-state index in [1.807, 2.05) is 0 Å². The summed E-state index contributed by atoms with van der Waals surface area (Å²) in [6.07, 6.45) is -2.84. The first kappa shape index (κ1) is 23.8. The van der Waals surface area contributed by atoms with Crippen LogP contribution in [0, 0.1) is 11.6 Å². The van der Waals surface area contributed by atoms with Crippen molar-refractivity contribution in [1.82, 2.24) is 5.32 Å². The number of amides is 1. The number of carbonyl (C=O) groups is 3. The van der Waals surface area contributed by atoms with E-state index in [0.717, 1.165) is 12.1 Å². The lowest BCUT2D eigenvalue weighted by Gasteiger charge is -2.20. The predicted octanol–water partition coefficient (Wildman–Crippen LogP) is 4.16. The maximum atomic E-state index is 14.5. The molecule has 2 N–H and O–H groups in total. The molecule has 1 amide bonds. The summed E-state index contributed by atoms with van der Waals surface area (Å²) >= 11 is 0. The number of nitrogens with one attached hydrogen (secondary N) is 1. The van der Waals surface area contributed by atoms with Crippen molar-refractivity contribution in [3.05, 3.63) is 59.7 Å². The van der Waals surface area contributed by atoms with Gasteiger partial charge in [0, 0.05) is 13.0 Å². The maximum absolute atomic E-state index is 14.5. The van der Waals surface area contributed by atoms with Crippen LogP contribution in [0.5, 0.6) is 0 Å². The fraction of sp³-hybridized carbons (Fsp3) is 0.318. The number of rotatable bonds is 7. The van der Waals surface area contributed by atoms with Crippen molar-refractivity contribution in [2.24, 2.45) is 0 Å². The molecule has 0 fully saturated rings. The van der Waals surface area contributed by atoms with Gasteiger partial charge in [-0.1, -0.05) is 30.3 Å². The Labute approximate surface area is 178 Å². The average Bonchev–Trinajstić information content (AvgIpc) is 2.65. The number of hydrogen-bond acceptors (Lipinski definition) is 5. The van der Waals surface area contributed by atoms with Gasteiger partial charge in [-0.2, -0.15) is 0 Å². The van der Waals surface area contributed by atoms with Crippen LogP contribution >= 0.6 is 0 Å². The molecular weight excluding hydrogens is 412 g/mol. The third-order valence-electron chi connectivity index (χ3n) is 3.95. The number of carboxylic acid groups (broad SMARTS) is 1. The van der Waals surface area contributed by atoms with Crippen LogP contribution in [-0.4, -0.2) is 41.4 Å². The standard InChI is InChI=1S/C22H23F2NO6/c1-22(2,3)31-21(29)25-10-9-17(19(26)27)30-20(28)18-15(23)11-14(12-16(18)24)13-7-5-4-6-8-13/h4-8,11-12,17H,9-10H2,1-3H3,(H,25,29)(H,26,27). The smallest absolute Gasteiger partial charge is 0.407 e. The molecule has 1 unspecified atom stereocenters. The first-order valence-corrected chi connectivity index (χ1v) is 9.43. The van der Waals surface area contributed by atoms with Gasteiger partial charge in [0.05, 0.1) is 0 Å². The lowest BCUT2D eigenvalue weighted by Crippen LogP contribution is -2.36. The topological polar surface area (TPSA) is 102 Å². The monoisotopic (exact) mass is 435 g/mol. The highest BCUT2D eigenvalue weighted by atomic mass is 19.1. The molecule has 0 aliphatic carbocycles. The van der Waals surface area contributed by atoms with Crippen LogP contribution in [0.25, 0.3) is 11.1 Å². The van der Waals surface area contributed by atoms with E-state index in [2.05, 4.69) is 5.32 Å². The Morgan fingerprint density at radius 3 is 2.13 bits per heavy atom. The molecule has 0 saturated carbocycles. The minimum atomic E-state index is -1.73. The zero-order chi connectivity index (χ0) is 23.2. The van der Waals surface area contributed by atoms with Crippen molar-refractivity contribution >= 4 is 18.0 Å². The quantitative estimate of drug-likeness (QED) is 0.634. The number of hydrogen-bond donors (Lipinski definition) is 2. The van der Waals surface area contributed by atoms with Gasteiger partial charge >= 0.3 is 18.0 Å². The number of esters is 1. The molecule has 0 heterocycles. The van der Waals surface area contributed by atoms with Crippen LogP contribution in [-0.2, 0) is 14.3 Å². The zero-order valence-corrected chi connectivity index (χ0v) is 17.3. The third kappa shape index (κ3) is 7.06. The highest BCUT2D eigenvalue weighted by Crippen LogP contribution is 2.25. The van der Waals surface area contributed by atoms with E-state index < -0.39 is 46.9 Å². The van der Waals surface area contributed by atoms with Gasteiger partial charge in [-0.05, 0) is 44.0 Å². The van der Waals surface area contributed by atoms with Crippen molar-refractivity contribution < 1.29 is 37.7 Å². The van der Waals surface area contributed by atoms with Gasteiger partial charge in [0.2, 0.25) is 6.10 Å². The molecule has 0 saturated heterocycles. The Balaban J connectivity index is 2.07. The fourth-order valence-corrected chi connectivity index (χ4v) is 2.61. The molecule has 166 valence electrons. The van der Waals surface area contributed by atoms with Gasteiger partial charge in [0.15, 0.2) is 0 Å². The Morgan fingerprint density at radius 2 is 1.61 bits per heavy atom. The van der Waals surface area contributed by atoms with Gasteiger partial charge in [-0.3, -0.25) is 0 Å². The van der Waals surface area contributed by atoms with Crippen LogP contribution in [0.1, 0.15) is 37.6 Å². The molecule has 9 heteroatoms. The van der Waals surface area contributed by atoms with Gasteiger partial charge in [-0.25, -0.2) is 23.2 Å². The number of aliphatic carboxylic acids is 1. The Kier molecular flexibility index (Phi) is 7.68. The molecule has 0 spiro atoms. The van der Waals surface area contributed by atoms with Gasteiger partial charge < -0.3 is 19.9 Å². The number of ether oxygens (including phenoxy) is 2.